The maximum atomic E-state index is 12.4. The molecule has 0 radical (unpaired) electrons. The molecule has 0 aliphatic heterocycles. The van der Waals surface area contributed by atoms with Crippen LogP contribution in [-0.4, -0.2) is 9.36 Å². The molecular formula is C12H8F3N3S2. The molecule has 1 aromatic carbocycles. The Labute approximate surface area is 120 Å². The van der Waals surface area contributed by atoms with Crippen molar-refractivity contribution in [2.45, 2.75) is 12.7 Å². The number of rotatable bonds is 3. The van der Waals surface area contributed by atoms with Gasteiger partial charge in [-0.05, 0) is 29.7 Å². The number of aromatic nitrogens is 2. The van der Waals surface area contributed by atoms with Crippen molar-refractivity contribution in [2.75, 3.05) is 5.32 Å². The van der Waals surface area contributed by atoms with Gasteiger partial charge in [-0.25, -0.2) is 4.98 Å². The molecule has 2 aromatic heterocycles. The molecule has 3 nitrogen and oxygen atoms in total. The van der Waals surface area contributed by atoms with E-state index < -0.39 is 11.1 Å². The van der Waals surface area contributed by atoms with E-state index >= 15 is 0 Å². The summed E-state index contributed by atoms with van der Waals surface area (Å²) < 4.78 is 42.5. The van der Waals surface area contributed by atoms with Gasteiger partial charge >= 0.3 is 6.18 Å². The molecule has 0 bridgehead atoms. The molecule has 0 amide bonds. The number of thiazole rings is 1. The van der Waals surface area contributed by atoms with Crippen molar-refractivity contribution in [1.29, 1.82) is 0 Å². The first-order chi connectivity index (χ1) is 9.52. The van der Waals surface area contributed by atoms with Crippen molar-refractivity contribution in [1.82, 2.24) is 9.36 Å². The van der Waals surface area contributed by atoms with Gasteiger partial charge in [0.15, 0.2) is 0 Å². The van der Waals surface area contributed by atoms with Crippen LogP contribution < -0.4 is 5.32 Å². The first-order valence-corrected chi connectivity index (χ1v) is 7.21. The number of halogens is 3. The minimum atomic E-state index is -4.32. The van der Waals surface area contributed by atoms with Crippen LogP contribution in [-0.2, 0) is 12.7 Å². The first-order valence-electron chi connectivity index (χ1n) is 5.62. The van der Waals surface area contributed by atoms with Crippen LogP contribution in [0.25, 0.3) is 10.1 Å². The van der Waals surface area contributed by atoms with E-state index in [-0.39, 0.29) is 6.54 Å². The van der Waals surface area contributed by atoms with E-state index in [0.29, 0.717) is 16.3 Å². The lowest BCUT2D eigenvalue weighted by Gasteiger charge is -2.04. The van der Waals surface area contributed by atoms with Crippen molar-refractivity contribution >= 4 is 38.6 Å². The number of nitrogens with zero attached hydrogens (tertiary/aromatic N) is 2. The zero-order valence-electron chi connectivity index (χ0n) is 9.94. The van der Waals surface area contributed by atoms with Crippen LogP contribution in [0.2, 0.25) is 0 Å². The summed E-state index contributed by atoms with van der Waals surface area (Å²) in [6.07, 6.45) is -1.69. The highest BCUT2D eigenvalue weighted by Gasteiger charge is 2.33. The van der Waals surface area contributed by atoms with Gasteiger partial charge in [0.2, 0.25) is 0 Å². The smallest absolute Gasteiger partial charge is 0.379 e. The molecule has 1 N–H and O–H groups in total. The molecule has 0 aliphatic rings. The number of hydrogen-bond acceptors (Lipinski definition) is 5. The molecule has 0 saturated carbocycles. The number of benzene rings is 1. The van der Waals surface area contributed by atoms with E-state index in [4.69, 9.17) is 0 Å². The lowest BCUT2D eigenvalue weighted by molar-refractivity contribution is -0.134. The Kier molecular flexibility index (Phi) is 3.35. The van der Waals surface area contributed by atoms with Crippen LogP contribution in [0.15, 0.2) is 30.6 Å². The van der Waals surface area contributed by atoms with Crippen LogP contribution in [0, 0.1) is 0 Å². The topological polar surface area (TPSA) is 37.8 Å². The van der Waals surface area contributed by atoms with Crippen LogP contribution in [0.1, 0.15) is 9.88 Å². The van der Waals surface area contributed by atoms with Gasteiger partial charge in [0, 0.05) is 17.3 Å². The Morgan fingerprint density at radius 2 is 2.05 bits per heavy atom. The van der Waals surface area contributed by atoms with Crippen LogP contribution >= 0.6 is 22.9 Å². The Bertz CT molecular complexity index is 733. The summed E-state index contributed by atoms with van der Waals surface area (Å²) in [5.41, 5.74) is 0.835. The van der Waals surface area contributed by atoms with E-state index in [1.54, 1.807) is 6.20 Å². The SMILES string of the molecule is FC(F)(F)c1cnc(CNc2ccc3sncc3c2)s1. The average molecular weight is 315 g/mol. The second kappa shape index (κ2) is 5.02. The zero-order valence-corrected chi connectivity index (χ0v) is 11.6. The summed E-state index contributed by atoms with van der Waals surface area (Å²) in [7, 11) is 0. The van der Waals surface area contributed by atoms with Crippen molar-refractivity contribution in [3.05, 3.63) is 40.5 Å². The van der Waals surface area contributed by atoms with Gasteiger partial charge in [0.1, 0.15) is 9.88 Å². The lowest BCUT2D eigenvalue weighted by Crippen LogP contribution is -2.00. The molecule has 8 heteroatoms. The van der Waals surface area contributed by atoms with Gasteiger partial charge in [0.05, 0.1) is 17.4 Å². The van der Waals surface area contributed by atoms with Gasteiger partial charge in [-0.3, -0.25) is 0 Å². The third-order valence-electron chi connectivity index (χ3n) is 2.63. The Morgan fingerprint density at radius 3 is 2.80 bits per heavy atom. The molecule has 0 spiro atoms. The summed E-state index contributed by atoms with van der Waals surface area (Å²) in [6, 6.07) is 5.72. The van der Waals surface area contributed by atoms with Crippen molar-refractivity contribution < 1.29 is 13.2 Å². The second-order valence-corrected chi connectivity index (χ2v) is 6.00. The molecule has 104 valence electrons. The van der Waals surface area contributed by atoms with E-state index in [1.807, 2.05) is 18.2 Å². The minimum Gasteiger partial charge on any atom is -0.379 e. The van der Waals surface area contributed by atoms with Gasteiger partial charge in [-0.15, -0.1) is 11.3 Å². The van der Waals surface area contributed by atoms with E-state index in [9.17, 15) is 13.2 Å². The molecule has 3 aromatic rings. The Balaban J connectivity index is 1.71. The standard InChI is InChI=1S/C12H8F3N3S2/c13-12(14,15)10-5-17-11(19-10)6-16-8-1-2-9-7(3-8)4-18-20-9/h1-5,16H,6H2. The highest BCUT2D eigenvalue weighted by atomic mass is 32.1. The van der Waals surface area contributed by atoms with Gasteiger partial charge < -0.3 is 5.32 Å². The van der Waals surface area contributed by atoms with Crippen molar-refractivity contribution in [3.8, 4) is 0 Å². The summed E-state index contributed by atoms with van der Waals surface area (Å²) >= 11 is 2.06. The Hall–Kier alpha value is -1.67. The molecule has 20 heavy (non-hydrogen) atoms. The van der Waals surface area contributed by atoms with Crippen LogP contribution in [0.5, 0.6) is 0 Å². The molecule has 0 aliphatic carbocycles. The molecule has 0 unspecified atom stereocenters. The van der Waals surface area contributed by atoms with E-state index in [0.717, 1.165) is 22.0 Å². The lowest BCUT2D eigenvalue weighted by atomic mass is 10.2. The fraction of sp³-hybridized carbons (Fsp3) is 0.167. The fourth-order valence-electron chi connectivity index (χ4n) is 1.68. The van der Waals surface area contributed by atoms with Crippen LogP contribution in [0.4, 0.5) is 18.9 Å². The molecule has 0 atom stereocenters. The number of anilines is 1. The number of fused-ring (bicyclic) bond motifs is 1. The first kappa shape index (κ1) is 13.3. The molecular weight excluding hydrogens is 307 g/mol. The third-order valence-corrected chi connectivity index (χ3v) is 4.45. The minimum absolute atomic E-state index is 0.268. The normalized spacial score (nSPS) is 11.9. The summed E-state index contributed by atoms with van der Waals surface area (Å²) in [6.45, 7) is 0.268. The molecule has 2 heterocycles. The average Bonchev–Trinajstić information content (AvgIpc) is 3.04. The predicted octanol–water partition coefficient (Wildman–Crippen LogP) is 4.38. The number of alkyl halides is 3. The van der Waals surface area contributed by atoms with Crippen LogP contribution in [0.3, 0.4) is 0 Å². The van der Waals surface area contributed by atoms with Gasteiger partial charge in [-0.1, -0.05) is 0 Å². The van der Waals surface area contributed by atoms with E-state index in [2.05, 4.69) is 14.7 Å². The highest BCUT2D eigenvalue weighted by Crippen LogP contribution is 2.33. The predicted molar refractivity (Wildman–Crippen MR) is 74.1 cm³/mol. The van der Waals surface area contributed by atoms with Gasteiger partial charge in [-0.2, -0.15) is 17.5 Å². The Morgan fingerprint density at radius 1 is 1.20 bits per heavy atom. The molecule has 0 fully saturated rings. The zero-order chi connectivity index (χ0) is 14.2. The number of nitrogens with one attached hydrogen (secondary N) is 1. The van der Waals surface area contributed by atoms with E-state index in [1.165, 1.54) is 11.5 Å². The summed E-state index contributed by atoms with van der Waals surface area (Å²) in [5, 5.41) is 4.48. The quantitative estimate of drug-likeness (QED) is 0.779. The van der Waals surface area contributed by atoms with Crippen molar-refractivity contribution in [3.63, 3.8) is 0 Å². The highest BCUT2D eigenvalue weighted by molar-refractivity contribution is 7.13. The summed E-state index contributed by atoms with van der Waals surface area (Å²) in [4.78, 5) is 3.10. The second-order valence-electron chi connectivity index (χ2n) is 4.05. The summed E-state index contributed by atoms with van der Waals surface area (Å²) in [5.74, 6) is 0. The maximum absolute atomic E-state index is 12.4. The third kappa shape index (κ3) is 2.75. The molecule has 0 saturated heterocycles. The molecule has 3 rings (SSSR count). The van der Waals surface area contributed by atoms with Crippen molar-refractivity contribution in [2.24, 2.45) is 0 Å². The largest absolute Gasteiger partial charge is 0.427 e. The monoisotopic (exact) mass is 315 g/mol. The maximum Gasteiger partial charge on any atom is 0.427 e. The number of hydrogen-bond donors (Lipinski definition) is 1. The van der Waals surface area contributed by atoms with Gasteiger partial charge in [0.25, 0.3) is 0 Å². The fourth-order valence-corrected chi connectivity index (χ4v) is 3.03.